The molecule has 14 heavy (non-hydrogen) atoms. The van der Waals surface area contributed by atoms with Crippen molar-refractivity contribution in [3.63, 3.8) is 0 Å². The molecule has 0 saturated heterocycles. The molecule has 0 spiro atoms. The molecule has 4 nitrogen and oxygen atoms in total. The third-order valence-corrected chi connectivity index (χ3v) is 2.35. The molecule has 1 unspecified atom stereocenters. The van der Waals surface area contributed by atoms with Crippen LogP contribution in [0.4, 0.5) is 0 Å². The molecule has 1 aliphatic heterocycles. The van der Waals surface area contributed by atoms with E-state index in [2.05, 4.69) is 5.10 Å². The van der Waals surface area contributed by atoms with Crippen molar-refractivity contribution in [2.24, 2.45) is 7.05 Å². The summed E-state index contributed by atoms with van der Waals surface area (Å²) in [5.74, 6) is 0.654. The van der Waals surface area contributed by atoms with Gasteiger partial charge in [0.1, 0.15) is 11.9 Å². The Morgan fingerprint density at radius 2 is 2.43 bits per heavy atom. The van der Waals surface area contributed by atoms with Crippen LogP contribution in [0.15, 0.2) is 18.0 Å². The van der Waals surface area contributed by atoms with Gasteiger partial charge < -0.3 is 9.84 Å². The summed E-state index contributed by atoms with van der Waals surface area (Å²) in [7, 11) is 1.84. The Bertz CT molecular complexity index is 368. The van der Waals surface area contributed by atoms with Crippen LogP contribution in [-0.4, -0.2) is 21.5 Å². The van der Waals surface area contributed by atoms with Crippen molar-refractivity contribution in [2.75, 3.05) is 6.61 Å². The zero-order valence-electron chi connectivity index (χ0n) is 8.40. The number of hydrogen-bond donors (Lipinski definition) is 1. The van der Waals surface area contributed by atoms with Crippen molar-refractivity contribution < 1.29 is 9.84 Å². The summed E-state index contributed by atoms with van der Waals surface area (Å²) in [6.07, 6.45) is 3.97. The number of hydrogen-bond acceptors (Lipinski definition) is 3. The van der Waals surface area contributed by atoms with Crippen LogP contribution < -0.4 is 0 Å². The lowest BCUT2D eigenvalue weighted by Crippen LogP contribution is -2.02. The molecule has 1 atom stereocenters. The maximum Gasteiger partial charge on any atom is 0.139 e. The highest BCUT2D eigenvalue weighted by Gasteiger charge is 2.21. The van der Waals surface area contributed by atoms with Crippen LogP contribution in [0.1, 0.15) is 23.8 Å². The Morgan fingerprint density at radius 3 is 2.93 bits per heavy atom. The molecule has 1 N–H and O–H groups in total. The van der Waals surface area contributed by atoms with Gasteiger partial charge >= 0.3 is 0 Å². The third-order valence-electron chi connectivity index (χ3n) is 2.35. The molecule has 2 heterocycles. The summed E-state index contributed by atoms with van der Waals surface area (Å²) >= 11 is 0. The number of nitrogens with zero attached hydrogens (tertiary/aromatic N) is 2. The quantitative estimate of drug-likeness (QED) is 0.766. The first-order valence-electron chi connectivity index (χ1n) is 4.69. The Labute approximate surface area is 82.8 Å². The van der Waals surface area contributed by atoms with Gasteiger partial charge in [0.05, 0.1) is 12.3 Å². The van der Waals surface area contributed by atoms with E-state index in [1.165, 1.54) is 0 Å². The number of aliphatic hydroxyl groups excluding tert-OH is 1. The molecule has 1 aliphatic rings. The standard InChI is InChI=1S/C10H14N2O2/c1-7-8(6-12(2)11-7)10(13)9-4-3-5-14-9/h4,6,10,13H,3,5H2,1-2H3. The van der Waals surface area contributed by atoms with E-state index in [1.807, 2.05) is 26.2 Å². The number of aryl methyl sites for hydroxylation is 2. The van der Waals surface area contributed by atoms with Gasteiger partial charge in [0.2, 0.25) is 0 Å². The van der Waals surface area contributed by atoms with E-state index in [-0.39, 0.29) is 0 Å². The van der Waals surface area contributed by atoms with E-state index in [0.717, 1.165) is 17.7 Å². The zero-order chi connectivity index (χ0) is 10.1. The molecular weight excluding hydrogens is 180 g/mol. The predicted molar refractivity (Wildman–Crippen MR) is 51.6 cm³/mol. The summed E-state index contributed by atoms with van der Waals surface area (Å²) < 4.78 is 7.01. The van der Waals surface area contributed by atoms with Crippen molar-refractivity contribution in [1.82, 2.24) is 9.78 Å². The molecule has 1 aromatic heterocycles. The molecule has 0 bridgehead atoms. The van der Waals surface area contributed by atoms with E-state index in [1.54, 1.807) is 4.68 Å². The van der Waals surface area contributed by atoms with Crippen molar-refractivity contribution in [3.8, 4) is 0 Å². The largest absolute Gasteiger partial charge is 0.495 e. The maximum absolute atomic E-state index is 9.97. The molecule has 0 amide bonds. The lowest BCUT2D eigenvalue weighted by molar-refractivity contribution is 0.118. The first-order chi connectivity index (χ1) is 6.68. The summed E-state index contributed by atoms with van der Waals surface area (Å²) in [4.78, 5) is 0. The van der Waals surface area contributed by atoms with Gasteiger partial charge in [0.15, 0.2) is 0 Å². The normalized spacial score (nSPS) is 17.8. The minimum Gasteiger partial charge on any atom is -0.495 e. The second-order valence-corrected chi connectivity index (χ2v) is 3.49. The topological polar surface area (TPSA) is 47.3 Å². The van der Waals surface area contributed by atoms with Crippen LogP contribution >= 0.6 is 0 Å². The van der Waals surface area contributed by atoms with E-state index >= 15 is 0 Å². The molecule has 2 rings (SSSR count). The molecule has 4 heteroatoms. The van der Waals surface area contributed by atoms with Crippen LogP contribution in [-0.2, 0) is 11.8 Å². The summed E-state index contributed by atoms with van der Waals surface area (Å²) in [5, 5.41) is 14.1. The summed E-state index contributed by atoms with van der Waals surface area (Å²) in [6.45, 7) is 2.56. The molecular formula is C10H14N2O2. The Morgan fingerprint density at radius 1 is 1.64 bits per heavy atom. The highest BCUT2D eigenvalue weighted by Crippen LogP contribution is 2.27. The zero-order valence-corrected chi connectivity index (χ0v) is 8.40. The van der Waals surface area contributed by atoms with Crippen molar-refractivity contribution >= 4 is 0 Å². The van der Waals surface area contributed by atoms with E-state index in [0.29, 0.717) is 12.4 Å². The molecule has 0 aliphatic carbocycles. The van der Waals surface area contributed by atoms with Crippen LogP contribution in [0, 0.1) is 6.92 Å². The van der Waals surface area contributed by atoms with Gasteiger partial charge in [-0.1, -0.05) is 0 Å². The molecule has 0 aromatic carbocycles. The van der Waals surface area contributed by atoms with E-state index in [4.69, 9.17) is 4.74 Å². The van der Waals surface area contributed by atoms with Gasteiger partial charge in [-0.2, -0.15) is 5.10 Å². The lowest BCUT2D eigenvalue weighted by Gasteiger charge is -2.10. The SMILES string of the molecule is Cc1nn(C)cc1C(O)C1=CCCO1. The Balaban J connectivity index is 2.25. The van der Waals surface area contributed by atoms with Gasteiger partial charge in [-0.25, -0.2) is 0 Å². The van der Waals surface area contributed by atoms with Gasteiger partial charge in [-0.05, 0) is 13.0 Å². The van der Waals surface area contributed by atoms with Crippen LogP contribution in [0.2, 0.25) is 0 Å². The first-order valence-corrected chi connectivity index (χ1v) is 4.69. The van der Waals surface area contributed by atoms with Crippen LogP contribution in [0.25, 0.3) is 0 Å². The Kier molecular flexibility index (Phi) is 2.29. The van der Waals surface area contributed by atoms with Gasteiger partial charge in [0.25, 0.3) is 0 Å². The number of ether oxygens (including phenoxy) is 1. The van der Waals surface area contributed by atoms with Crippen LogP contribution in [0.3, 0.4) is 0 Å². The fourth-order valence-corrected chi connectivity index (χ4v) is 1.67. The summed E-state index contributed by atoms with van der Waals surface area (Å²) in [5.41, 5.74) is 1.66. The average molecular weight is 194 g/mol. The molecule has 0 fully saturated rings. The fourth-order valence-electron chi connectivity index (χ4n) is 1.67. The highest BCUT2D eigenvalue weighted by molar-refractivity contribution is 5.25. The minimum absolute atomic E-state index is 0.654. The van der Waals surface area contributed by atoms with Gasteiger partial charge in [-0.15, -0.1) is 0 Å². The smallest absolute Gasteiger partial charge is 0.139 e. The van der Waals surface area contributed by atoms with Crippen molar-refractivity contribution in [2.45, 2.75) is 19.4 Å². The third kappa shape index (κ3) is 1.53. The van der Waals surface area contributed by atoms with Crippen molar-refractivity contribution in [1.29, 1.82) is 0 Å². The lowest BCUT2D eigenvalue weighted by atomic mass is 10.1. The van der Waals surface area contributed by atoms with Crippen LogP contribution in [0.5, 0.6) is 0 Å². The predicted octanol–water partition coefficient (Wildman–Crippen LogP) is 1.07. The average Bonchev–Trinajstić information content (AvgIpc) is 2.73. The molecule has 1 aromatic rings. The van der Waals surface area contributed by atoms with E-state index < -0.39 is 6.10 Å². The molecule has 0 radical (unpaired) electrons. The molecule has 76 valence electrons. The molecule has 0 saturated carbocycles. The van der Waals surface area contributed by atoms with Gasteiger partial charge in [0, 0.05) is 25.2 Å². The van der Waals surface area contributed by atoms with Gasteiger partial charge in [-0.3, -0.25) is 4.68 Å². The second-order valence-electron chi connectivity index (χ2n) is 3.49. The minimum atomic E-state index is -0.661. The highest BCUT2D eigenvalue weighted by atomic mass is 16.5. The fraction of sp³-hybridized carbons (Fsp3) is 0.500. The number of rotatable bonds is 2. The second kappa shape index (κ2) is 3.46. The number of aliphatic hydroxyl groups is 1. The van der Waals surface area contributed by atoms with Crippen molar-refractivity contribution in [3.05, 3.63) is 29.3 Å². The Hall–Kier alpha value is -1.29. The first kappa shape index (κ1) is 9.27. The maximum atomic E-state index is 9.97. The summed E-state index contributed by atoms with van der Waals surface area (Å²) in [6, 6.07) is 0. The monoisotopic (exact) mass is 194 g/mol. The number of aromatic nitrogens is 2. The van der Waals surface area contributed by atoms with E-state index in [9.17, 15) is 5.11 Å².